The van der Waals surface area contributed by atoms with Gasteiger partial charge in [0.1, 0.15) is 5.25 Å². The number of nitrogens with one attached hydrogen (secondary N) is 1. The lowest BCUT2D eigenvalue weighted by atomic mass is 10.1. The molecule has 0 radical (unpaired) electrons. The minimum atomic E-state index is -0.549. The maximum atomic E-state index is 12.6. The number of rotatable bonds is 9. The number of esters is 1. The summed E-state index contributed by atoms with van der Waals surface area (Å²) in [6.45, 7) is 4.47. The van der Waals surface area contributed by atoms with E-state index >= 15 is 0 Å². The van der Waals surface area contributed by atoms with Crippen molar-refractivity contribution in [2.24, 2.45) is 4.99 Å². The number of aryl methyl sites for hydroxylation is 1. The van der Waals surface area contributed by atoms with Gasteiger partial charge in [0, 0.05) is 31.7 Å². The maximum absolute atomic E-state index is 12.6. The predicted octanol–water partition coefficient (Wildman–Crippen LogP) is 2.64. The Kier molecular flexibility index (Phi) is 8.45. The molecule has 2 amide bonds. The lowest BCUT2D eigenvalue weighted by Gasteiger charge is -2.27. The molecular weight excluding hydrogens is 470 g/mol. The van der Waals surface area contributed by atoms with Crippen molar-refractivity contribution in [3.8, 4) is 0 Å². The highest BCUT2D eigenvalue weighted by atomic mass is 32.2. The summed E-state index contributed by atoms with van der Waals surface area (Å²) >= 11 is 1.36. The first-order valence-electron chi connectivity index (χ1n) is 11.9. The Hall–Kier alpha value is -3.28. The number of unbranched alkanes of at least 4 members (excludes halogenated alkanes) is 1. The molecule has 2 aromatic rings. The standard InChI is InChI=1S/C23H29N7O4S/c1-2-3-12-30-19(26-27-28-30)15-34-22(33)16-8-7-9-17(13-16)24-20(31)14-18-21(32)25-23(35-18)29-10-5-4-6-11-29/h7-9,13,18H,2-6,10-12,14-15H2,1H3,(H,24,31). The molecule has 1 unspecified atom stereocenters. The Balaban J connectivity index is 1.28. The molecule has 2 aliphatic rings. The van der Waals surface area contributed by atoms with Crippen LogP contribution in [0.5, 0.6) is 0 Å². The average molecular weight is 500 g/mol. The van der Waals surface area contributed by atoms with Gasteiger partial charge in [0.05, 0.1) is 5.56 Å². The number of amides is 2. The molecule has 1 atom stereocenters. The summed E-state index contributed by atoms with van der Waals surface area (Å²) in [6, 6.07) is 6.48. The van der Waals surface area contributed by atoms with Crippen LogP contribution in [-0.4, -0.2) is 66.4 Å². The molecule has 1 aromatic heterocycles. The number of hydrogen-bond donors (Lipinski definition) is 1. The second-order valence-electron chi connectivity index (χ2n) is 8.47. The third-order valence-corrected chi connectivity index (χ3v) is 6.98. The van der Waals surface area contributed by atoms with Crippen LogP contribution in [0.1, 0.15) is 61.6 Å². The summed E-state index contributed by atoms with van der Waals surface area (Å²) in [5.74, 6) is -0.663. The molecule has 0 aliphatic carbocycles. The molecule has 3 heterocycles. The molecule has 4 rings (SSSR count). The molecule has 186 valence electrons. The predicted molar refractivity (Wildman–Crippen MR) is 131 cm³/mol. The Morgan fingerprint density at radius 3 is 2.86 bits per heavy atom. The number of carbonyl (C=O) groups excluding carboxylic acids is 3. The first kappa shape index (κ1) is 24.8. The van der Waals surface area contributed by atoms with Gasteiger partial charge in [-0.3, -0.25) is 9.59 Å². The molecule has 11 nitrogen and oxygen atoms in total. The molecule has 2 aliphatic heterocycles. The third kappa shape index (κ3) is 6.65. The van der Waals surface area contributed by atoms with Gasteiger partial charge in [-0.05, 0) is 54.3 Å². The normalized spacial score (nSPS) is 17.9. The number of carbonyl (C=O) groups is 3. The van der Waals surface area contributed by atoms with Crippen molar-refractivity contribution in [3.63, 3.8) is 0 Å². The minimum absolute atomic E-state index is 0.0133. The van der Waals surface area contributed by atoms with Crippen molar-refractivity contribution < 1.29 is 19.1 Å². The molecule has 1 N–H and O–H groups in total. The number of aliphatic imine (C=N–C) groups is 1. The van der Waals surface area contributed by atoms with Crippen molar-refractivity contribution in [2.45, 2.75) is 63.9 Å². The van der Waals surface area contributed by atoms with E-state index in [1.165, 1.54) is 18.2 Å². The summed E-state index contributed by atoms with van der Waals surface area (Å²) in [7, 11) is 0. The fraction of sp³-hybridized carbons (Fsp3) is 0.522. The van der Waals surface area contributed by atoms with Gasteiger partial charge in [0.2, 0.25) is 5.91 Å². The molecule has 1 saturated heterocycles. The van der Waals surface area contributed by atoms with Crippen LogP contribution in [-0.2, 0) is 27.5 Å². The van der Waals surface area contributed by atoms with Crippen LogP contribution in [0.3, 0.4) is 0 Å². The van der Waals surface area contributed by atoms with Crippen LogP contribution in [0.15, 0.2) is 29.3 Å². The van der Waals surface area contributed by atoms with Crippen molar-refractivity contribution in [3.05, 3.63) is 35.7 Å². The Labute approximate surface area is 207 Å². The zero-order valence-electron chi connectivity index (χ0n) is 19.7. The molecular formula is C23H29N7O4S. The molecule has 35 heavy (non-hydrogen) atoms. The number of aromatic nitrogens is 4. The zero-order chi connectivity index (χ0) is 24.6. The van der Waals surface area contributed by atoms with Crippen molar-refractivity contribution in [1.29, 1.82) is 0 Å². The lowest BCUT2D eigenvalue weighted by molar-refractivity contribution is -0.121. The van der Waals surface area contributed by atoms with Gasteiger partial charge in [-0.2, -0.15) is 4.99 Å². The van der Waals surface area contributed by atoms with Gasteiger partial charge < -0.3 is 15.0 Å². The van der Waals surface area contributed by atoms with Gasteiger partial charge in [-0.15, -0.1) is 5.10 Å². The fourth-order valence-electron chi connectivity index (χ4n) is 3.86. The highest BCUT2D eigenvalue weighted by Crippen LogP contribution is 2.29. The van der Waals surface area contributed by atoms with E-state index < -0.39 is 11.2 Å². The summed E-state index contributed by atoms with van der Waals surface area (Å²) < 4.78 is 6.98. The van der Waals surface area contributed by atoms with Crippen molar-refractivity contribution >= 4 is 40.4 Å². The van der Waals surface area contributed by atoms with Crippen LogP contribution in [0.25, 0.3) is 0 Å². The van der Waals surface area contributed by atoms with Crippen LogP contribution >= 0.6 is 11.8 Å². The molecule has 0 spiro atoms. The smallest absolute Gasteiger partial charge is 0.338 e. The highest BCUT2D eigenvalue weighted by molar-refractivity contribution is 8.15. The SMILES string of the molecule is CCCCn1nnnc1COC(=O)c1cccc(NC(=O)CC2SC(N3CCCCC3)=NC2=O)c1. The Bertz CT molecular complexity index is 1100. The molecule has 0 bridgehead atoms. The number of benzene rings is 1. The topological polar surface area (TPSA) is 132 Å². The lowest BCUT2D eigenvalue weighted by Crippen LogP contribution is -2.33. The minimum Gasteiger partial charge on any atom is -0.454 e. The van der Waals surface area contributed by atoms with E-state index in [1.807, 2.05) is 0 Å². The summed E-state index contributed by atoms with van der Waals surface area (Å²) in [5, 5.41) is 14.4. The number of likely N-dealkylation sites (tertiary alicyclic amines) is 1. The number of thioether (sulfide) groups is 1. The molecule has 12 heteroatoms. The van der Waals surface area contributed by atoms with E-state index in [9.17, 15) is 14.4 Å². The number of piperidine rings is 1. The van der Waals surface area contributed by atoms with Crippen LogP contribution in [0.2, 0.25) is 0 Å². The van der Waals surface area contributed by atoms with E-state index in [4.69, 9.17) is 4.74 Å². The second-order valence-corrected chi connectivity index (χ2v) is 9.64. The zero-order valence-corrected chi connectivity index (χ0v) is 20.5. The third-order valence-electron chi connectivity index (χ3n) is 5.77. The summed E-state index contributed by atoms with van der Waals surface area (Å²) in [5.41, 5.74) is 0.738. The number of tetrazole rings is 1. The van der Waals surface area contributed by atoms with E-state index in [1.54, 1.807) is 28.9 Å². The van der Waals surface area contributed by atoms with Crippen LogP contribution < -0.4 is 5.32 Å². The van der Waals surface area contributed by atoms with Gasteiger partial charge in [0.15, 0.2) is 17.6 Å². The van der Waals surface area contributed by atoms with Crippen molar-refractivity contribution in [1.82, 2.24) is 25.1 Å². The highest BCUT2D eigenvalue weighted by Gasteiger charge is 2.33. The van der Waals surface area contributed by atoms with E-state index in [2.05, 4.69) is 37.7 Å². The van der Waals surface area contributed by atoms with Gasteiger partial charge >= 0.3 is 5.97 Å². The number of anilines is 1. The Morgan fingerprint density at radius 1 is 1.23 bits per heavy atom. The van der Waals surface area contributed by atoms with Crippen molar-refractivity contribution in [2.75, 3.05) is 18.4 Å². The van der Waals surface area contributed by atoms with E-state index in [0.717, 1.165) is 43.9 Å². The number of amidine groups is 1. The second kappa shape index (κ2) is 11.9. The van der Waals surface area contributed by atoms with E-state index in [-0.39, 0.29) is 30.4 Å². The van der Waals surface area contributed by atoms with Crippen LogP contribution in [0.4, 0.5) is 5.69 Å². The number of nitrogens with zero attached hydrogens (tertiary/aromatic N) is 6. The molecule has 1 aromatic carbocycles. The summed E-state index contributed by atoms with van der Waals surface area (Å²) in [4.78, 5) is 43.7. The maximum Gasteiger partial charge on any atom is 0.338 e. The van der Waals surface area contributed by atoms with E-state index in [0.29, 0.717) is 18.1 Å². The van der Waals surface area contributed by atoms with Gasteiger partial charge in [-0.25, -0.2) is 9.48 Å². The first-order valence-corrected chi connectivity index (χ1v) is 12.8. The first-order chi connectivity index (χ1) is 17.0. The van der Waals surface area contributed by atoms with Gasteiger partial charge in [0.25, 0.3) is 5.91 Å². The Morgan fingerprint density at radius 2 is 2.06 bits per heavy atom. The fourth-order valence-corrected chi connectivity index (χ4v) is 4.97. The number of ether oxygens (including phenoxy) is 1. The number of hydrogen-bond acceptors (Lipinski definition) is 9. The molecule has 0 saturated carbocycles. The monoisotopic (exact) mass is 499 g/mol. The van der Waals surface area contributed by atoms with Gasteiger partial charge in [-0.1, -0.05) is 31.2 Å². The average Bonchev–Trinajstić information content (AvgIpc) is 3.47. The summed E-state index contributed by atoms with van der Waals surface area (Å²) in [6.07, 6.45) is 5.31. The quantitative estimate of drug-likeness (QED) is 0.517. The molecule has 1 fully saturated rings. The largest absolute Gasteiger partial charge is 0.454 e. The van der Waals surface area contributed by atoms with Crippen LogP contribution in [0, 0.1) is 0 Å².